The molecule has 0 bridgehead atoms. The van der Waals surface area contributed by atoms with Gasteiger partial charge in [0.05, 0.1) is 5.69 Å². The lowest BCUT2D eigenvalue weighted by molar-refractivity contribution is -0.121. The van der Waals surface area contributed by atoms with Crippen molar-refractivity contribution >= 4 is 29.3 Å². The maximum Gasteiger partial charge on any atom is 0.227 e. The predicted octanol–water partition coefficient (Wildman–Crippen LogP) is 5.48. The highest BCUT2D eigenvalue weighted by atomic mass is 32.2. The fourth-order valence-electron chi connectivity index (χ4n) is 4.33. The van der Waals surface area contributed by atoms with Crippen molar-refractivity contribution in [2.75, 3.05) is 5.32 Å². The fraction of sp³-hybridized carbons (Fsp3) is 0.385. The molecule has 34 heavy (non-hydrogen) atoms. The van der Waals surface area contributed by atoms with Gasteiger partial charge >= 0.3 is 0 Å². The lowest BCUT2D eigenvalue weighted by atomic mass is 9.89. The van der Waals surface area contributed by atoms with Gasteiger partial charge in [0.25, 0.3) is 0 Å². The van der Waals surface area contributed by atoms with Crippen LogP contribution in [0.15, 0.2) is 68.9 Å². The largest absolute Gasteiger partial charge is 0.343 e. The van der Waals surface area contributed by atoms with Crippen LogP contribution in [0.25, 0.3) is 0 Å². The number of rotatable bonds is 8. The van der Waals surface area contributed by atoms with Gasteiger partial charge in [-0.1, -0.05) is 72.9 Å². The molecule has 0 saturated heterocycles. The second kappa shape index (κ2) is 11.3. The number of nitrogens with one attached hydrogen (secondary N) is 2. The highest BCUT2D eigenvalue weighted by Crippen LogP contribution is 2.35. The molecule has 1 fully saturated rings. The maximum atomic E-state index is 12.7. The molecule has 1 saturated carbocycles. The van der Waals surface area contributed by atoms with Crippen LogP contribution in [0.3, 0.4) is 0 Å². The van der Waals surface area contributed by atoms with Gasteiger partial charge in [-0.3, -0.25) is 9.59 Å². The highest BCUT2D eigenvalue weighted by molar-refractivity contribution is 7.99. The topological polar surface area (TPSA) is 97.1 Å². The van der Waals surface area contributed by atoms with Crippen molar-refractivity contribution in [2.45, 2.75) is 73.6 Å². The summed E-state index contributed by atoms with van der Waals surface area (Å²) >= 11 is 1.61. The zero-order valence-corrected chi connectivity index (χ0v) is 20.2. The van der Waals surface area contributed by atoms with E-state index in [4.69, 9.17) is 4.52 Å². The molecule has 178 valence electrons. The molecule has 1 aliphatic carbocycles. The molecule has 2 amide bonds. The van der Waals surface area contributed by atoms with Crippen LogP contribution in [-0.2, 0) is 21.5 Å². The van der Waals surface area contributed by atoms with Crippen LogP contribution >= 0.6 is 11.8 Å². The Morgan fingerprint density at radius 2 is 1.71 bits per heavy atom. The zero-order valence-electron chi connectivity index (χ0n) is 19.4. The van der Waals surface area contributed by atoms with Gasteiger partial charge < -0.3 is 15.2 Å². The molecule has 1 heterocycles. The number of carbonyl (C=O) groups excluding carboxylic acids is 2. The molecule has 0 unspecified atom stereocenters. The number of para-hydroxylation sites is 1. The van der Waals surface area contributed by atoms with E-state index in [1.54, 1.807) is 11.8 Å². The summed E-state index contributed by atoms with van der Waals surface area (Å²) in [6.07, 6.45) is 6.43. The fourth-order valence-corrected chi connectivity index (χ4v) is 5.25. The monoisotopic (exact) mass is 478 g/mol. The van der Waals surface area contributed by atoms with Gasteiger partial charge in [0.2, 0.25) is 17.7 Å². The van der Waals surface area contributed by atoms with Crippen molar-refractivity contribution in [3.05, 3.63) is 66.3 Å². The molecule has 0 spiro atoms. The molecule has 3 aromatic rings. The summed E-state index contributed by atoms with van der Waals surface area (Å²) in [5.41, 5.74) is 0.190. The molecule has 2 aromatic carbocycles. The quantitative estimate of drug-likeness (QED) is 0.416. The number of hydrogen-bond acceptors (Lipinski definition) is 6. The Balaban J connectivity index is 1.38. The summed E-state index contributed by atoms with van der Waals surface area (Å²) < 4.78 is 5.47. The Labute approximate surface area is 204 Å². The van der Waals surface area contributed by atoms with Crippen LogP contribution in [0.4, 0.5) is 5.69 Å². The first kappa shape index (κ1) is 24.0. The van der Waals surface area contributed by atoms with Crippen LogP contribution in [0.2, 0.25) is 0 Å². The van der Waals surface area contributed by atoms with Gasteiger partial charge in [-0.05, 0) is 37.1 Å². The number of aromatic nitrogens is 2. The Kier molecular flexibility index (Phi) is 8.00. The minimum atomic E-state index is -0.583. The molecule has 4 rings (SSSR count). The van der Waals surface area contributed by atoms with Crippen LogP contribution < -0.4 is 10.6 Å². The Morgan fingerprint density at radius 3 is 2.44 bits per heavy atom. The van der Waals surface area contributed by atoms with Gasteiger partial charge in [-0.15, -0.1) is 0 Å². The average molecular weight is 479 g/mol. The minimum absolute atomic E-state index is 0.0975. The van der Waals surface area contributed by atoms with E-state index in [-0.39, 0.29) is 18.2 Å². The Hall–Kier alpha value is -3.13. The minimum Gasteiger partial charge on any atom is -0.343 e. The third kappa shape index (κ3) is 6.26. The molecule has 8 heteroatoms. The van der Waals surface area contributed by atoms with Gasteiger partial charge in [0.15, 0.2) is 5.82 Å². The van der Waals surface area contributed by atoms with E-state index < -0.39 is 5.54 Å². The smallest absolute Gasteiger partial charge is 0.227 e. The Morgan fingerprint density at radius 1 is 1.00 bits per heavy atom. The number of anilines is 1. The lowest BCUT2D eigenvalue weighted by Gasteiger charge is -2.30. The summed E-state index contributed by atoms with van der Waals surface area (Å²) in [5, 5.41) is 10.3. The van der Waals surface area contributed by atoms with Crippen LogP contribution in [0, 0.1) is 0 Å². The van der Waals surface area contributed by atoms with Crippen molar-refractivity contribution in [1.29, 1.82) is 0 Å². The zero-order chi connectivity index (χ0) is 23.8. The summed E-state index contributed by atoms with van der Waals surface area (Å²) in [6, 6.07) is 17.8. The van der Waals surface area contributed by atoms with E-state index in [1.807, 2.05) is 54.6 Å². The first-order valence-electron chi connectivity index (χ1n) is 11.8. The molecule has 1 aliphatic rings. The van der Waals surface area contributed by atoms with E-state index in [2.05, 4.69) is 20.8 Å². The van der Waals surface area contributed by atoms with Crippen molar-refractivity contribution in [3.63, 3.8) is 0 Å². The number of nitrogens with zero attached hydrogens (tertiary/aromatic N) is 2. The van der Waals surface area contributed by atoms with E-state index in [1.165, 1.54) is 6.92 Å². The standard InChI is InChI=1S/C26H30N4O3S/c1-19(31)29-26(17-9-2-3-10-18-26)25-28-24(33-30-25)16-15-23(32)27-21-13-7-8-14-22(21)34-20-11-5-4-6-12-20/h4-8,11-14H,2-3,9-10,15-18H2,1H3,(H,27,32)(H,29,31). The predicted molar refractivity (Wildman–Crippen MR) is 131 cm³/mol. The Bertz CT molecular complexity index is 1110. The molecular formula is C26H30N4O3S. The number of hydrogen-bond donors (Lipinski definition) is 2. The SMILES string of the molecule is CC(=O)NC1(c2noc(CCC(=O)Nc3ccccc3Sc3ccccc3)n2)CCCCCC1. The number of amides is 2. The normalized spacial score (nSPS) is 15.3. The average Bonchev–Trinajstić information content (AvgIpc) is 3.19. The van der Waals surface area contributed by atoms with Gasteiger partial charge in [-0.25, -0.2) is 0 Å². The van der Waals surface area contributed by atoms with E-state index in [0.29, 0.717) is 18.1 Å². The number of benzene rings is 2. The van der Waals surface area contributed by atoms with E-state index in [0.717, 1.165) is 54.0 Å². The summed E-state index contributed by atoms with van der Waals surface area (Å²) in [5.74, 6) is 0.710. The first-order chi connectivity index (χ1) is 16.5. The third-order valence-electron chi connectivity index (χ3n) is 5.97. The first-order valence-corrected chi connectivity index (χ1v) is 12.6. The van der Waals surface area contributed by atoms with E-state index in [9.17, 15) is 9.59 Å². The van der Waals surface area contributed by atoms with Gasteiger partial charge in [0, 0.05) is 29.6 Å². The molecule has 0 aliphatic heterocycles. The molecule has 7 nitrogen and oxygen atoms in total. The molecule has 2 N–H and O–H groups in total. The third-order valence-corrected chi connectivity index (χ3v) is 7.05. The van der Waals surface area contributed by atoms with Crippen LogP contribution in [0.5, 0.6) is 0 Å². The number of aryl methyl sites for hydroxylation is 1. The van der Waals surface area contributed by atoms with Crippen LogP contribution in [-0.4, -0.2) is 22.0 Å². The van der Waals surface area contributed by atoms with Crippen molar-refractivity contribution in [2.24, 2.45) is 0 Å². The van der Waals surface area contributed by atoms with E-state index >= 15 is 0 Å². The molecule has 0 radical (unpaired) electrons. The summed E-state index contributed by atoms with van der Waals surface area (Å²) in [7, 11) is 0. The summed E-state index contributed by atoms with van der Waals surface area (Å²) in [6.45, 7) is 1.52. The van der Waals surface area contributed by atoms with Crippen molar-refractivity contribution in [1.82, 2.24) is 15.5 Å². The van der Waals surface area contributed by atoms with Crippen LogP contribution in [0.1, 0.15) is 63.6 Å². The summed E-state index contributed by atoms with van der Waals surface area (Å²) in [4.78, 5) is 31.2. The second-order valence-corrected chi connectivity index (χ2v) is 9.76. The van der Waals surface area contributed by atoms with Gasteiger partial charge in [-0.2, -0.15) is 4.98 Å². The second-order valence-electron chi connectivity index (χ2n) is 8.65. The molecular weight excluding hydrogens is 448 g/mol. The molecule has 0 atom stereocenters. The highest BCUT2D eigenvalue weighted by Gasteiger charge is 2.38. The maximum absolute atomic E-state index is 12.7. The lowest BCUT2D eigenvalue weighted by Crippen LogP contribution is -2.45. The van der Waals surface area contributed by atoms with Crippen molar-refractivity contribution < 1.29 is 14.1 Å². The van der Waals surface area contributed by atoms with Gasteiger partial charge in [0.1, 0.15) is 5.54 Å². The van der Waals surface area contributed by atoms with Crippen molar-refractivity contribution in [3.8, 4) is 0 Å². The number of carbonyl (C=O) groups is 2. The molecule has 1 aromatic heterocycles.